The number of carbonyl (C=O) groups excluding carboxylic acids is 2. The number of nitrogens with zero attached hydrogens (tertiary/aromatic N) is 3. The van der Waals surface area contributed by atoms with E-state index in [9.17, 15) is 9.59 Å². The topological polar surface area (TPSA) is 78.5 Å². The zero-order chi connectivity index (χ0) is 15.1. The third kappa shape index (κ3) is 2.39. The molecule has 1 aromatic heterocycles. The van der Waals surface area contributed by atoms with Crippen LogP contribution in [0.4, 0.5) is 0 Å². The molecular weight excluding hydrogens is 284 g/mol. The van der Waals surface area contributed by atoms with Crippen LogP contribution in [0.15, 0.2) is 12.3 Å². The normalized spacial score (nSPS) is 29.2. The Morgan fingerprint density at radius 1 is 1.36 bits per heavy atom. The Bertz CT molecular complexity index is 569. The summed E-state index contributed by atoms with van der Waals surface area (Å²) in [4.78, 5) is 28.4. The average Bonchev–Trinajstić information content (AvgIpc) is 3.09. The number of hydrogen-bond acceptors (Lipinski definition) is 4. The summed E-state index contributed by atoms with van der Waals surface area (Å²) in [6.45, 7) is 1.30. The van der Waals surface area contributed by atoms with E-state index in [1.807, 2.05) is 11.0 Å². The number of ether oxygens (including phenoxy) is 1. The van der Waals surface area contributed by atoms with Crippen LogP contribution < -0.4 is 0 Å². The van der Waals surface area contributed by atoms with Gasteiger partial charge >= 0.3 is 0 Å². The largest absolute Gasteiger partial charge is 0.371 e. The Hall–Kier alpha value is -1.89. The lowest BCUT2D eigenvalue weighted by Crippen LogP contribution is -2.40. The first-order valence-electron chi connectivity index (χ1n) is 7.93. The fourth-order valence-electron chi connectivity index (χ4n) is 3.42. The fraction of sp³-hybridized carbons (Fsp3) is 0.667. The van der Waals surface area contributed by atoms with Gasteiger partial charge in [-0.1, -0.05) is 0 Å². The first-order valence-corrected chi connectivity index (χ1v) is 7.93. The highest BCUT2D eigenvalue weighted by Gasteiger charge is 2.43. The summed E-state index contributed by atoms with van der Waals surface area (Å²) < 4.78 is 5.81. The van der Waals surface area contributed by atoms with Gasteiger partial charge in [0.1, 0.15) is 12.6 Å². The first-order chi connectivity index (χ1) is 10.7. The number of aromatic amines is 1. The third-order valence-electron chi connectivity index (χ3n) is 4.74. The highest BCUT2D eigenvalue weighted by molar-refractivity contribution is 5.89. The van der Waals surface area contributed by atoms with Gasteiger partial charge in [0, 0.05) is 18.8 Å². The second-order valence-electron chi connectivity index (χ2n) is 6.32. The number of nitrogens with one attached hydrogen (secondary N) is 1. The van der Waals surface area contributed by atoms with Crippen LogP contribution in [0.5, 0.6) is 0 Å². The van der Waals surface area contributed by atoms with Crippen molar-refractivity contribution in [2.24, 2.45) is 5.92 Å². The number of H-pyrrole nitrogens is 1. The van der Waals surface area contributed by atoms with E-state index in [0.29, 0.717) is 19.3 Å². The predicted molar refractivity (Wildman–Crippen MR) is 76.5 cm³/mol. The van der Waals surface area contributed by atoms with E-state index in [1.165, 1.54) is 0 Å². The zero-order valence-corrected chi connectivity index (χ0v) is 12.4. The van der Waals surface area contributed by atoms with E-state index in [1.54, 1.807) is 11.1 Å². The van der Waals surface area contributed by atoms with Crippen molar-refractivity contribution in [3.8, 4) is 0 Å². The molecule has 0 unspecified atom stereocenters. The minimum Gasteiger partial charge on any atom is -0.371 e. The molecule has 3 aliphatic rings. The van der Waals surface area contributed by atoms with Crippen LogP contribution in [-0.4, -0.2) is 57.7 Å². The lowest BCUT2D eigenvalue weighted by molar-refractivity contribution is -0.145. The van der Waals surface area contributed by atoms with E-state index in [-0.39, 0.29) is 30.4 Å². The molecule has 4 rings (SSSR count). The van der Waals surface area contributed by atoms with Gasteiger partial charge in [-0.3, -0.25) is 14.7 Å². The molecule has 0 bridgehead atoms. The van der Waals surface area contributed by atoms with Crippen molar-refractivity contribution in [1.29, 1.82) is 0 Å². The molecule has 1 aliphatic carbocycles. The molecule has 0 aromatic carbocycles. The molecule has 1 saturated carbocycles. The smallest absolute Gasteiger partial charge is 0.243 e. The Morgan fingerprint density at radius 3 is 2.95 bits per heavy atom. The molecule has 1 N–H and O–H groups in total. The van der Waals surface area contributed by atoms with E-state index in [0.717, 1.165) is 31.4 Å². The second kappa shape index (κ2) is 5.39. The minimum absolute atomic E-state index is 0.0239. The van der Waals surface area contributed by atoms with Gasteiger partial charge in [0.15, 0.2) is 0 Å². The van der Waals surface area contributed by atoms with Crippen LogP contribution in [0.2, 0.25) is 0 Å². The van der Waals surface area contributed by atoms with E-state index in [4.69, 9.17) is 4.74 Å². The number of amides is 2. The predicted octanol–water partition coefficient (Wildman–Crippen LogP) is 0.668. The number of carbonyl (C=O) groups is 2. The summed E-state index contributed by atoms with van der Waals surface area (Å²) in [5.41, 5.74) is 0.836. The highest BCUT2D eigenvalue weighted by atomic mass is 16.5. The summed E-state index contributed by atoms with van der Waals surface area (Å²) in [6.07, 6.45) is 5.18. The van der Waals surface area contributed by atoms with Gasteiger partial charge in [0.25, 0.3) is 0 Å². The van der Waals surface area contributed by atoms with Crippen molar-refractivity contribution in [3.63, 3.8) is 0 Å². The molecule has 2 amide bonds. The molecular formula is C15H20N4O3. The molecule has 3 heterocycles. The lowest BCUT2D eigenvalue weighted by Gasteiger charge is -2.32. The molecule has 118 valence electrons. The van der Waals surface area contributed by atoms with Gasteiger partial charge in [-0.2, -0.15) is 5.10 Å². The summed E-state index contributed by atoms with van der Waals surface area (Å²) in [6, 6.07) is 2.21. The molecule has 2 aliphatic heterocycles. The van der Waals surface area contributed by atoms with Crippen molar-refractivity contribution in [3.05, 3.63) is 18.0 Å². The van der Waals surface area contributed by atoms with Crippen LogP contribution in [0.3, 0.4) is 0 Å². The van der Waals surface area contributed by atoms with Crippen LogP contribution >= 0.6 is 0 Å². The molecule has 7 heteroatoms. The average molecular weight is 304 g/mol. The molecule has 7 nitrogen and oxygen atoms in total. The highest BCUT2D eigenvalue weighted by Crippen LogP contribution is 2.35. The van der Waals surface area contributed by atoms with Crippen molar-refractivity contribution >= 4 is 11.8 Å². The first kappa shape index (κ1) is 13.8. The summed E-state index contributed by atoms with van der Waals surface area (Å²) >= 11 is 0. The van der Waals surface area contributed by atoms with Crippen LogP contribution in [-0.2, 0) is 14.3 Å². The summed E-state index contributed by atoms with van der Waals surface area (Å²) in [7, 11) is 0. The van der Waals surface area contributed by atoms with E-state index < -0.39 is 0 Å². The Labute approximate surface area is 128 Å². The van der Waals surface area contributed by atoms with E-state index >= 15 is 0 Å². The maximum absolute atomic E-state index is 12.9. The Balaban J connectivity index is 1.49. The molecule has 3 fully saturated rings. The van der Waals surface area contributed by atoms with Crippen molar-refractivity contribution in [2.75, 3.05) is 19.8 Å². The SMILES string of the molecule is O=C([C@@H]1CCCO[C@H]1c1ccn[nH]1)N1CC(=O)N(C2CC2)C1. The monoisotopic (exact) mass is 304 g/mol. The van der Waals surface area contributed by atoms with Crippen molar-refractivity contribution in [1.82, 2.24) is 20.0 Å². The van der Waals surface area contributed by atoms with Gasteiger partial charge in [-0.15, -0.1) is 0 Å². The van der Waals surface area contributed by atoms with Crippen LogP contribution in [0.25, 0.3) is 0 Å². The third-order valence-corrected chi connectivity index (χ3v) is 4.74. The Morgan fingerprint density at radius 2 is 2.23 bits per heavy atom. The minimum atomic E-state index is -0.283. The van der Waals surface area contributed by atoms with Gasteiger partial charge < -0.3 is 14.5 Å². The molecule has 1 aromatic rings. The zero-order valence-electron chi connectivity index (χ0n) is 12.4. The van der Waals surface area contributed by atoms with Crippen LogP contribution in [0, 0.1) is 5.92 Å². The molecule has 2 atom stereocenters. The van der Waals surface area contributed by atoms with Gasteiger partial charge in [0.05, 0.1) is 18.3 Å². The van der Waals surface area contributed by atoms with Gasteiger partial charge in [-0.05, 0) is 31.7 Å². The molecule has 22 heavy (non-hydrogen) atoms. The molecule has 0 spiro atoms. The van der Waals surface area contributed by atoms with Crippen molar-refractivity contribution < 1.29 is 14.3 Å². The second-order valence-corrected chi connectivity index (χ2v) is 6.32. The summed E-state index contributed by atoms with van der Waals surface area (Å²) in [5, 5.41) is 6.86. The van der Waals surface area contributed by atoms with Crippen LogP contribution in [0.1, 0.15) is 37.5 Å². The van der Waals surface area contributed by atoms with Gasteiger partial charge in [-0.25, -0.2) is 0 Å². The quantitative estimate of drug-likeness (QED) is 0.890. The maximum atomic E-state index is 12.9. The number of aromatic nitrogens is 2. The number of hydrogen-bond donors (Lipinski definition) is 1. The standard InChI is InChI=1S/C15H20N4O3/c20-13-8-18(9-19(13)10-3-4-10)15(21)11-2-1-7-22-14(11)12-5-6-16-17-12/h5-6,10-11,14H,1-4,7-9H2,(H,16,17)/t11-,14-/m1/s1. The fourth-order valence-corrected chi connectivity index (χ4v) is 3.42. The Kier molecular flexibility index (Phi) is 3.37. The lowest BCUT2D eigenvalue weighted by atomic mass is 9.91. The van der Waals surface area contributed by atoms with Gasteiger partial charge in [0.2, 0.25) is 11.8 Å². The number of rotatable bonds is 3. The van der Waals surface area contributed by atoms with Crippen molar-refractivity contribution in [2.45, 2.75) is 37.8 Å². The maximum Gasteiger partial charge on any atom is 0.243 e. The van der Waals surface area contributed by atoms with E-state index in [2.05, 4.69) is 10.2 Å². The summed E-state index contributed by atoms with van der Waals surface area (Å²) in [5.74, 6) is -0.136. The molecule has 2 saturated heterocycles. The molecule has 0 radical (unpaired) electrons.